The third-order valence-electron chi connectivity index (χ3n) is 3.82. The summed E-state index contributed by atoms with van der Waals surface area (Å²) in [6, 6.07) is 21.7. The Morgan fingerprint density at radius 2 is 1.62 bits per heavy atom. The molecule has 1 unspecified atom stereocenters. The van der Waals surface area contributed by atoms with E-state index in [0.29, 0.717) is 0 Å². The fraction of sp³-hybridized carbons (Fsp3) is 0.158. The number of rotatable bonds is 4. The molecular formula is C19H18FN. The standard InChI is InChI=1S/C19H18FN/c1-14(21-13-15-9-11-17(20)12-10-15)18-8-4-6-16-5-2-3-7-19(16)18/h2-12,14,21H,13H2,1H3. The van der Waals surface area contributed by atoms with Crippen molar-refractivity contribution in [1.29, 1.82) is 0 Å². The molecule has 0 radical (unpaired) electrons. The molecule has 1 N–H and O–H groups in total. The van der Waals surface area contributed by atoms with E-state index < -0.39 is 0 Å². The van der Waals surface area contributed by atoms with Crippen LogP contribution >= 0.6 is 0 Å². The van der Waals surface area contributed by atoms with Gasteiger partial charge in [0.2, 0.25) is 0 Å². The number of fused-ring (bicyclic) bond motifs is 1. The molecule has 0 aliphatic carbocycles. The van der Waals surface area contributed by atoms with Crippen LogP contribution in [-0.4, -0.2) is 0 Å². The van der Waals surface area contributed by atoms with Gasteiger partial charge in [0.15, 0.2) is 0 Å². The zero-order valence-corrected chi connectivity index (χ0v) is 12.0. The van der Waals surface area contributed by atoms with Crippen LogP contribution in [0.1, 0.15) is 24.1 Å². The molecule has 0 saturated heterocycles. The van der Waals surface area contributed by atoms with Crippen molar-refractivity contribution >= 4 is 10.8 Å². The van der Waals surface area contributed by atoms with Gasteiger partial charge in [-0.3, -0.25) is 0 Å². The van der Waals surface area contributed by atoms with Crippen LogP contribution in [0.4, 0.5) is 4.39 Å². The highest BCUT2D eigenvalue weighted by Crippen LogP contribution is 2.24. The van der Waals surface area contributed by atoms with Crippen molar-refractivity contribution in [1.82, 2.24) is 5.32 Å². The Morgan fingerprint density at radius 3 is 2.43 bits per heavy atom. The molecule has 0 spiro atoms. The van der Waals surface area contributed by atoms with Gasteiger partial charge in [-0.05, 0) is 41.0 Å². The topological polar surface area (TPSA) is 12.0 Å². The third-order valence-corrected chi connectivity index (χ3v) is 3.82. The van der Waals surface area contributed by atoms with Crippen molar-refractivity contribution in [3.63, 3.8) is 0 Å². The molecule has 106 valence electrons. The summed E-state index contributed by atoms with van der Waals surface area (Å²) in [6.07, 6.45) is 0. The van der Waals surface area contributed by atoms with Crippen molar-refractivity contribution in [3.05, 3.63) is 83.7 Å². The second-order valence-electron chi connectivity index (χ2n) is 5.30. The predicted molar refractivity (Wildman–Crippen MR) is 85.6 cm³/mol. The van der Waals surface area contributed by atoms with Crippen molar-refractivity contribution in [2.24, 2.45) is 0 Å². The van der Waals surface area contributed by atoms with Gasteiger partial charge in [0.25, 0.3) is 0 Å². The Labute approximate surface area is 124 Å². The summed E-state index contributed by atoms with van der Waals surface area (Å²) in [6.45, 7) is 2.88. The summed E-state index contributed by atoms with van der Waals surface area (Å²) in [7, 11) is 0. The number of hydrogen-bond acceptors (Lipinski definition) is 1. The first-order valence-corrected chi connectivity index (χ1v) is 7.19. The van der Waals surface area contributed by atoms with Crippen LogP contribution < -0.4 is 5.32 Å². The minimum absolute atomic E-state index is 0.194. The molecule has 0 saturated carbocycles. The van der Waals surface area contributed by atoms with Gasteiger partial charge in [0.05, 0.1) is 0 Å². The van der Waals surface area contributed by atoms with E-state index in [9.17, 15) is 4.39 Å². The van der Waals surface area contributed by atoms with Crippen molar-refractivity contribution in [3.8, 4) is 0 Å². The van der Waals surface area contributed by atoms with E-state index in [1.54, 1.807) is 0 Å². The van der Waals surface area contributed by atoms with Gasteiger partial charge in [-0.15, -0.1) is 0 Å². The molecule has 21 heavy (non-hydrogen) atoms. The monoisotopic (exact) mass is 279 g/mol. The lowest BCUT2D eigenvalue weighted by Gasteiger charge is -2.16. The van der Waals surface area contributed by atoms with E-state index in [0.717, 1.165) is 12.1 Å². The Kier molecular flexibility index (Phi) is 3.98. The smallest absolute Gasteiger partial charge is 0.123 e. The Bertz CT molecular complexity index is 729. The lowest BCUT2D eigenvalue weighted by atomic mass is 9.99. The second-order valence-corrected chi connectivity index (χ2v) is 5.30. The summed E-state index contributed by atoms with van der Waals surface area (Å²) in [5.74, 6) is -0.194. The summed E-state index contributed by atoms with van der Waals surface area (Å²) in [4.78, 5) is 0. The van der Waals surface area contributed by atoms with Gasteiger partial charge >= 0.3 is 0 Å². The van der Waals surface area contributed by atoms with E-state index in [1.807, 2.05) is 12.1 Å². The summed E-state index contributed by atoms with van der Waals surface area (Å²) in [5, 5.41) is 6.04. The van der Waals surface area contributed by atoms with Gasteiger partial charge in [0.1, 0.15) is 5.82 Å². The highest BCUT2D eigenvalue weighted by Gasteiger charge is 2.08. The van der Waals surface area contributed by atoms with Gasteiger partial charge in [-0.2, -0.15) is 0 Å². The SMILES string of the molecule is CC(NCc1ccc(F)cc1)c1cccc2ccccc12. The van der Waals surface area contributed by atoms with Gasteiger partial charge in [-0.25, -0.2) is 4.39 Å². The molecule has 0 fully saturated rings. The van der Waals surface area contributed by atoms with Gasteiger partial charge in [0, 0.05) is 12.6 Å². The molecule has 1 atom stereocenters. The maximum absolute atomic E-state index is 12.9. The molecule has 3 aromatic carbocycles. The molecule has 1 nitrogen and oxygen atoms in total. The first kappa shape index (κ1) is 13.8. The second kappa shape index (κ2) is 6.06. The van der Waals surface area contributed by atoms with Crippen LogP contribution in [0.15, 0.2) is 66.7 Å². The molecule has 0 amide bonds. The molecule has 2 heteroatoms. The number of benzene rings is 3. The molecular weight excluding hydrogens is 261 g/mol. The fourth-order valence-electron chi connectivity index (χ4n) is 2.61. The van der Waals surface area contributed by atoms with Crippen molar-refractivity contribution in [2.45, 2.75) is 19.5 Å². The van der Waals surface area contributed by atoms with E-state index in [1.165, 1.54) is 28.5 Å². The van der Waals surface area contributed by atoms with E-state index >= 15 is 0 Å². The molecule has 0 aliphatic rings. The van der Waals surface area contributed by atoms with Crippen LogP contribution in [-0.2, 0) is 6.54 Å². The van der Waals surface area contributed by atoms with Crippen molar-refractivity contribution < 1.29 is 4.39 Å². The molecule has 3 aromatic rings. The lowest BCUT2D eigenvalue weighted by Crippen LogP contribution is -2.18. The van der Waals surface area contributed by atoms with Crippen LogP contribution in [0.5, 0.6) is 0 Å². The van der Waals surface area contributed by atoms with E-state index in [-0.39, 0.29) is 11.9 Å². The lowest BCUT2D eigenvalue weighted by molar-refractivity contribution is 0.576. The average Bonchev–Trinajstić information content (AvgIpc) is 2.53. The van der Waals surface area contributed by atoms with Crippen LogP contribution in [0.25, 0.3) is 10.8 Å². The number of halogens is 1. The normalized spacial score (nSPS) is 12.5. The zero-order chi connectivity index (χ0) is 14.7. The molecule has 0 heterocycles. The maximum atomic E-state index is 12.9. The Morgan fingerprint density at radius 1 is 0.905 bits per heavy atom. The zero-order valence-electron chi connectivity index (χ0n) is 12.0. The first-order valence-electron chi connectivity index (χ1n) is 7.19. The minimum atomic E-state index is -0.194. The quantitative estimate of drug-likeness (QED) is 0.721. The molecule has 0 bridgehead atoms. The Hall–Kier alpha value is -2.19. The summed E-state index contributed by atoms with van der Waals surface area (Å²) in [5.41, 5.74) is 2.37. The van der Waals surface area contributed by atoms with Crippen LogP contribution in [0.3, 0.4) is 0 Å². The van der Waals surface area contributed by atoms with Gasteiger partial charge in [-0.1, -0.05) is 54.6 Å². The predicted octanol–water partition coefficient (Wildman–Crippen LogP) is 4.83. The molecule has 0 aromatic heterocycles. The summed E-state index contributed by atoms with van der Waals surface area (Å²) < 4.78 is 12.9. The maximum Gasteiger partial charge on any atom is 0.123 e. The highest BCUT2D eigenvalue weighted by molar-refractivity contribution is 5.86. The number of nitrogens with one attached hydrogen (secondary N) is 1. The first-order chi connectivity index (χ1) is 10.2. The number of hydrogen-bond donors (Lipinski definition) is 1. The van der Waals surface area contributed by atoms with E-state index in [4.69, 9.17) is 0 Å². The van der Waals surface area contributed by atoms with E-state index in [2.05, 4.69) is 54.7 Å². The minimum Gasteiger partial charge on any atom is -0.306 e. The summed E-state index contributed by atoms with van der Waals surface area (Å²) >= 11 is 0. The van der Waals surface area contributed by atoms with Crippen LogP contribution in [0.2, 0.25) is 0 Å². The molecule has 0 aliphatic heterocycles. The molecule has 3 rings (SSSR count). The van der Waals surface area contributed by atoms with Gasteiger partial charge < -0.3 is 5.32 Å². The third kappa shape index (κ3) is 3.11. The highest BCUT2D eigenvalue weighted by atomic mass is 19.1. The van der Waals surface area contributed by atoms with Crippen LogP contribution in [0, 0.1) is 5.82 Å². The Balaban J connectivity index is 1.78. The van der Waals surface area contributed by atoms with Crippen molar-refractivity contribution in [2.75, 3.05) is 0 Å². The average molecular weight is 279 g/mol. The largest absolute Gasteiger partial charge is 0.306 e. The fourth-order valence-corrected chi connectivity index (χ4v) is 2.61.